The summed E-state index contributed by atoms with van der Waals surface area (Å²) in [4.78, 5) is 15.0. The standard InChI is InChI=1S/C21H25FN6O/c1-15(2)14-27-8-5-21(22,6-9-27)20(29)13-17-11-16-12-18(28-10-7-23-26-28)3-4-19(16)25-24-17/h3-4,7,10-12,15H,5-6,8-9,13-14H2,1-2H3. The number of nitrogens with zero attached hydrogens (tertiary/aromatic N) is 6. The second kappa shape index (κ2) is 7.94. The Morgan fingerprint density at radius 3 is 2.69 bits per heavy atom. The fraction of sp³-hybridized carbons (Fsp3) is 0.476. The number of aromatic nitrogens is 5. The van der Waals surface area contributed by atoms with Gasteiger partial charge in [-0.2, -0.15) is 10.2 Å². The fourth-order valence-electron chi connectivity index (χ4n) is 3.86. The van der Waals surface area contributed by atoms with Crippen molar-refractivity contribution < 1.29 is 9.18 Å². The number of carbonyl (C=O) groups excluding carboxylic acids is 1. The first-order valence-electron chi connectivity index (χ1n) is 10.0. The molecule has 0 atom stereocenters. The highest BCUT2D eigenvalue weighted by molar-refractivity contribution is 5.90. The Hall–Kier alpha value is -2.74. The zero-order valence-electron chi connectivity index (χ0n) is 16.8. The number of alkyl halides is 1. The lowest BCUT2D eigenvalue weighted by Crippen LogP contribution is -2.47. The molecule has 1 aliphatic heterocycles. The van der Waals surface area contributed by atoms with Gasteiger partial charge in [0.2, 0.25) is 0 Å². The van der Waals surface area contributed by atoms with Crippen LogP contribution in [0.3, 0.4) is 0 Å². The number of benzene rings is 1. The number of Topliss-reactive ketones (excluding diaryl/α,β-unsaturated/α-hetero) is 1. The minimum absolute atomic E-state index is 0.0445. The quantitative estimate of drug-likeness (QED) is 0.638. The zero-order chi connectivity index (χ0) is 20.4. The predicted octanol–water partition coefficient (Wildman–Crippen LogP) is 2.78. The van der Waals surface area contributed by atoms with Crippen LogP contribution in [0.5, 0.6) is 0 Å². The average molecular weight is 396 g/mol. The second-order valence-corrected chi connectivity index (χ2v) is 8.19. The molecule has 0 aliphatic carbocycles. The molecule has 2 aromatic heterocycles. The normalized spacial score (nSPS) is 17.1. The van der Waals surface area contributed by atoms with E-state index >= 15 is 4.39 Å². The van der Waals surface area contributed by atoms with Crippen LogP contribution in [0.15, 0.2) is 36.7 Å². The van der Waals surface area contributed by atoms with Crippen molar-refractivity contribution in [2.75, 3.05) is 19.6 Å². The number of piperidine rings is 1. The molecule has 1 aliphatic rings. The van der Waals surface area contributed by atoms with Crippen LogP contribution in [-0.4, -0.2) is 61.2 Å². The van der Waals surface area contributed by atoms with E-state index in [1.807, 2.05) is 18.2 Å². The number of hydrogen-bond donors (Lipinski definition) is 0. The van der Waals surface area contributed by atoms with Crippen LogP contribution in [0.2, 0.25) is 0 Å². The Balaban J connectivity index is 1.48. The first-order chi connectivity index (χ1) is 13.9. The highest BCUT2D eigenvalue weighted by Gasteiger charge is 2.41. The summed E-state index contributed by atoms with van der Waals surface area (Å²) in [6.07, 6.45) is 3.80. The van der Waals surface area contributed by atoms with E-state index in [4.69, 9.17) is 0 Å². The maximum absolute atomic E-state index is 15.3. The van der Waals surface area contributed by atoms with Crippen LogP contribution in [0, 0.1) is 5.92 Å². The molecule has 4 rings (SSSR count). The van der Waals surface area contributed by atoms with E-state index in [0.717, 1.165) is 17.6 Å². The van der Waals surface area contributed by atoms with Crippen LogP contribution in [0.1, 0.15) is 32.4 Å². The van der Waals surface area contributed by atoms with Gasteiger partial charge in [0.1, 0.15) is 0 Å². The molecule has 1 fully saturated rings. The maximum Gasteiger partial charge on any atom is 0.176 e. The molecule has 0 N–H and O–H groups in total. The van der Waals surface area contributed by atoms with Gasteiger partial charge in [-0.05, 0) is 30.2 Å². The predicted molar refractivity (Wildman–Crippen MR) is 108 cm³/mol. The van der Waals surface area contributed by atoms with Crippen molar-refractivity contribution in [3.63, 3.8) is 0 Å². The Morgan fingerprint density at radius 2 is 2.00 bits per heavy atom. The van der Waals surface area contributed by atoms with Gasteiger partial charge in [-0.3, -0.25) is 4.79 Å². The third-order valence-corrected chi connectivity index (χ3v) is 5.42. The van der Waals surface area contributed by atoms with Gasteiger partial charge in [0.25, 0.3) is 0 Å². The summed E-state index contributed by atoms with van der Waals surface area (Å²) >= 11 is 0. The van der Waals surface area contributed by atoms with Gasteiger partial charge >= 0.3 is 0 Å². The molecule has 3 aromatic rings. The van der Waals surface area contributed by atoms with E-state index in [-0.39, 0.29) is 19.3 Å². The van der Waals surface area contributed by atoms with E-state index in [0.29, 0.717) is 30.2 Å². The largest absolute Gasteiger partial charge is 0.303 e. The topological polar surface area (TPSA) is 76.8 Å². The molecule has 0 spiro atoms. The molecule has 0 saturated carbocycles. The minimum Gasteiger partial charge on any atom is -0.303 e. The highest BCUT2D eigenvalue weighted by atomic mass is 19.1. The van der Waals surface area contributed by atoms with E-state index in [1.54, 1.807) is 23.1 Å². The minimum atomic E-state index is -1.77. The lowest BCUT2D eigenvalue weighted by molar-refractivity contribution is -0.133. The van der Waals surface area contributed by atoms with Crippen LogP contribution in [-0.2, 0) is 11.2 Å². The van der Waals surface area contributed by atoms with Crippen LogP contribution in [0.25, 0.3) is 16.6 Å². The Kier molecular flexibility index (Phi) is 5.36. The summed E-state index contributed by atoms with van der Waals surface area (Å²) in [5.41, 5.74) is 0.258. The second-order valence-electron chi connectivity index (χ2n) is 8.19. The SMILES string of the molecule is CC(C)CN1CCC(F)(C(=O)Cc2cc3cc(-n4ccnn4)ccc3nn2)CC1. The van der Waals surface area contributed by atoms with Crippen molar-refractivity contribution in [1.29, 1.82) is 0 Å². The van der Waals surface area contributed by atoms with Gasteiger partial charge in [-0.25, -0.2) is 9.07 Å². The van der Waals surface area contributed by atoms with Crippen LogP contribution >= 0.6 is 0 Å². The third-order valence-electron chi connectivity index (χ3n) is 5.42. The van der Waals surface area contributed by atoms with Gasteiger partial charge in [0.15, 0.2) is 11.5 Å². The molecule has 0 amide bonds. The monoisotopic (exact) mass is 396 g/mol. The van der Waals surface area contributed by atoms with E-state index in [9.17, 15) is 4.79 Å². The number of rotatable bonds is 6. The van der Waals surface area contributed by atoms with Crippen LogP contribution in [0.4, 0.5) is 4.39 Å². The van der Waals surface area contributed by atoms with Crippen molar-refractivity contribution in [2.45, 2.75) is 38.8 Å². The number of fused-ring (bicyclic) bond motifs is 1. The third kappa shape index (κ3) is 4.32. The molecule has 0 radical (unpaired) electrons. The lowest BCUT2D eigenvalue weighted by Gasteiger charge is -2.36. The molecular formula is C21H25FN6O. The smallest absolute Gasteiger partial charge is 0.176 e. The summed E-state index contributed by atoms with van der Waals surface area (Å²) in [5.74, 6) is 0.135. The molecule has 0 unspecified atom stereocenters. The van der Waals surface area contributed by atoms with Gasteiger partial charge < -0.3 is 4.90 Å². The van der Waals surface area contributed by atoms with Gasteiger partial charge in [0.05, 0.1) is 35.7 Å². The van der Waals surface area contributed by atoms with Crippen molar-refractivity contribution in [1.82, 2.24) is 30.1 Å². The van der Waals surface area contributed by atoms with Crippen LogP contribution < -0.4 is 0 Å². The molecule has 0 bridgehead atoms. The fourth-order valence-corrected chi connectivity index (χ4v) is 3.86. The molecule has 3 heterocycles. The van der Waals surface area contributed by atoms with E-state index < -0.39 is 11.5 Å². The molecule has 7 nitrogen and oxygen atoms in total. The first kappa shape index (κ1) is 19.6. The van der Waals surface area contributed by atoms with E-state index in [1.165, 1.54) is 0 Å². The number of halogens is 1. The van der Waals surface area contributed by atoms with Gasteiger partial charge in [-0.1, -0.05) is 19.1 Å². The first-order valence-corrected chi connectivity index (χ1v) is 10.0. The Labute approximate surface area is 168 Å². The Bertz CT molecular complexity index is 996. The highest BCUT2D eigenvalue weighted by Crippen LogP contribution is 2.29. The van der Waals surface area contributed by atoms with Crippen molar-refractivity contribution >= 4 is 16.7 Å². The van der Waals surface area contributed by atoms with Crippen molar-refractivity contribution in [3.05, 3.63) is 42.4 Å². The Morgan fingerprint density at radius 1 is 1.21 bits per heavy atom. The number of hydrogen-bond acceptors (Lipinski definition) is 6. The number of carbonyl (C=O) groups is 1. The van der Waals surface area contributed by atoms with Crippen molar-refractivity contribution in [2.24, 2.45) is 5.92 Å². The summed E-state index contributed by atoms with van der Waals surface area (Å²) in [6, 6.07) is 7.42. The van der Waals surface area contributed by atoms with Crippen molar-refractivity contribution in [3.8, 4) is 5.69 Å². The maximum atomic E-state index is 15.3. The summed E-state index contributed by atoms with van der Waals surface area (Å²) in [6.45, 7) is 6.47. The molecule has 8 heteroatoms. The molecule has 29 heavy (non-hydrogen) atoms. The molecule has 1 saturated heterocycles. The zero-order valence-corrected chi connectivity index (χ0v) is 16.8. The summed E-state index contributed by atoms with van der Waals surface area (Å²) < 4.78 is 16.9. The van der Waals surface area contributed by atoms with Gasteiger partial charge in [0, 0.05) is 37.9 Å². The lowest BCUT2D eigenvalue weighted by atomic mass is 9.86. The summed E-state index contributed by atoms with van der Waals surface area (Å²) in [5, 5.41) is 16.9. The van der Waals surface area contributed by atoms with Gasteiger partial charge in [-0.15, -0.1) is 5.10 Å². The molecular weight excluding hydrogens is 371 g/mol. The van der Waals surface area contributed by atoms with E-state index in [2.05, 4.69) is 39.3 Å². The molecule has 1 aromatic carbocycles. The summed E-state index contributed by atoms with van der Waals surface area (Å²) in [7, 11) is 0. The number of likely N-dealkylation sites (tertiary alicyclic amines) is 1. The number of ketones is 1. The average Bonchev–Trinajstić information content (AvgIpc) is 3.24. The molecule has 152 valence electrons.